The van der Waals surface area contributed by atoms with Gasteiger partial charge in [-0.05, 0) is 17.7 Å². The van der Waals surface area contributed by atoms with Crippen LogP contribution in [0.5, 0.6) is 0 Å². The van der Waals surface area contributed by atoms with Crippen LogP contribution >= 0.6 is 0 Å². The third-order valence-corrected chi connectivity index (χ3v) is 3.61. The van der Waals surface area contributed by atoms with Crippen LogP contribution in [0, 0.1) is 0 Å². The van der Waals surface area contributed by atoms with Crippen molar-refractivity contribution in [3.8, 4) is 0 Å². The van der Waals surface area contributed by atoms with Crippen LogP contribution in [0.2, 0.25) is 0 Å². The molecule has 2 rings (SSSR count). The fraction of sp³-hybridized carbons (Fsp3) is 0.167. The van der Waals surface area contributed by atoms with Crippen molar-refractivity contribution < 1.29 is 8.42 Å². The highest BCUT2D eigenvalue weighted by Crippen LogP contribution is 2.12. The number of anilines is 2. The number of hydrogen-bond donors (Lipinski definition) is 2. The minimum Gasteiger partial charge on any atom is -0.382 e. The molecule has 0 atom stereocenters. The van der Waals surface area contributed by atoms with Gasteiger partial charge in [0, 0.05) is 12.8 Å². The molecule has 0 fully saturated rings. The molecule has 3 N–H and O–H groups in total. The van der Waals surface area contributed by atoms with Crippen molar-refractivity contribution in [2.24, 2.45) is 0 Å². The van der Waals surface area contributed by atoms with Crippen LogP contribution in [0.25, 0.3) is 0 Å². The Labute approximate surface area is 111 Å². The Morgan fingerprint density at radius 1 is 1.21 bits per heavy atom. The minimum absolute atomic E-state index is 0.306. The molecule has 0 saturated carbocycles. The number of rotatable bonds is 4. The normalized spacial score (nSPS) is 11.2. The average molecular weight is 278 g/mol. The number of nitrogens with one attached hydrogen (secondary N) is 1. The summed E-state index contributed by atoms with van der Waals surface area (Å²) in [4.78, 5) is 8.27. The number of nitrogens with two attached hydrogens (primary N) is 1. The van der Waals surface area contributed by atoms with Crippen LogP contribution in [0.4, 0.5) is 11.6 Å². The summed E-state index contributed by atoms with van der Waals surface area (Å²) in [6.07, 6.45) is 4.22. The molecule has 6 nitrogen and oxygen atoms in total. The lowest BCUT2D eigenvalue weighted by Gasteiger charge is -2.06. The summed E-state index contributed by atoms with van der Waals surface area (Å²) < 4.78 is 22.6. The van der Waals surface area contributed by atoms with Gasteiger partial charge in [-0.1, -0.05) is 12.1 Å². The first-order valence-electron chi connectivity index (χ1n) is 5.55. The van der Waals surface area contributed by atoms with Gasteiger partial charge in [0.25, 0.3) is 0 Å². The Balaban J connectivity index is 2.05. The Bertz CT molecular complexity index is 668. The molecule has 0 saturated heterocycles. The van der Waals surface area contributed by atoms with Crippen molar-refractivity contribution in [1.29, 1.82) is 0 Å². The topological polar surface area (TPSA) is 98.0 Å². The van der Waals surface area contributed by atoms with Crippen molar-refractivity contribution >= 4 is 21.5 Å². The van der Waals surface area contributed by atoms with Gasteiger partial charge in [0.15, 0.2) is 9.84 Å². The molecular weight excluding hydrogens is 264 g/mol. The summed E-state index contributed by atoms with van der Waals surface area (Å²) in [5, 5.41) is 3.06. The van der Waals surface area contributed by atoms with Gasteiger partial charge in [0.1, 0.15) is 11.6 Å². The number of sulfone groups is 1. The van der Waals surface area contributed by atoms with Crippen molar-refractivity contribution in [3.63, 3.8) is 0 Å². The molecule has 0 radical (unpaired) electrons. The lowest BCUT2D eigenvalue weighted by molar-refractivity contribution is 0.602. The molecule has 7 heteroatoms. The molecule has 19 heavy (non-hydrogen) atoms. The maximum atomic E-state index is 11.3. The highest BCUT2D eigenvalue weighted by Gasteiger charge is 2.06. The lowest BCUT2D eigenvalue weighted by atomic mass is 10.2. The predicted molar refractivity (Wildman–Crippen MR) is 73.3 cm³/mol. The van der Waals surface area contributed by atoms with Gasteiger partial charge in [-0.25, -0.2) is 13.4 Å². The molecule has 100 valence electrons. The maximum absolute atomic E-state index is 11.3. The molecule has 1 heterocycles. The van der Waals surface area contributed by atoms with Gasteiger partial charge in [-0.15, -0.1) is 0 Å². The third kappa shape index (κ3) is 3.65. The van der Waals surface area contributed by atoms with Crippen molar-refractivity contribution in [2.45, 2.75) is 11.4 Å². The van der Waals surface area contributed by atoms with E-state index in [1.165, 1.54) is 12.5 Å². The smallest absolute Gasteiger partial charge is 0.175 e. The first-order valence-corrected chi connectivity index (χ1v) is 7.45. The van der Waals surface area contributed by atoms with Crippen LogP contribution in [-0.2, 0) is 16.4 Å². The van der Waals surface area contributed by atoms with Crippen molar-refractivity contribution in [1.82, 2.24) is 9.97 Å². The Morgan fingerprint density at radius 3 is 2.47 bits per heavy atom. The molecule has 1 aromatic heterocycles. The van der Waals surface area contributed by atoms with E-state index in [1.807, 2.05) is 0 Å². The summed E-state index contributed by atoms with van der Waals surface area (Å²) in [6.45, 7) is 0.516. The fourth-order valence-electron chi connectivity index (χ4n) is 1.51. The molecule has 2 aromatic rings. The largest absolute Gasteiger partial charge is 0.382 e. The number of hydrogen-bond acceptors (Lipinski definition) is 6. The van der Waals surface area contributed by atoms with Crippen LogP contribution < -0.4 is 11.1 Å². The molecule has 0 aliphatic rings. The highest BCUT2D eigenvalue weighted by atomic mass is 32.2. The van der Waals surface area contributed by atoms with E-state index in [2.05, 4.69) is 15.3 Å². The van der Waals surface area contributed by atoms with E-state index in [0.29, 0.717) is 23.1 Å². The Morgan fingerprint density at radius 2 is 1.89 bits per heavy atom. The number of nitrogen functional groups attached to an aromatic ring is 1. The van der Waals surface area contributed by atoms with E-state index in [-0.39, 0.29) is 0 Å². The summed E-state index contributed by atoms with van der Waals surface area (Å²) in [5.41, 5.74) is 6.46. The Hall–Kier alpha value is -2.15. The minimum atomic E-state index is -3.15. The van der Waals surface area contributed by atoms with Crippen LogP contribution in [-0.4, -0.2) is 24.6 Å². The zero-order chi connectivity index (χ0) is 13.9. The molecule has 0 bridgehead atoms. The van der Waals surface area contributed by atoms with Crippen molar-refractivity contribution in [3.05, 3.63) is 42.2 Å². The predicted octanol–water partition coefficient (Wildman–Crippen LogP) is 1.07. The van der Waals surface area contributed by atoms with E-state index >= 15 is 0 Å². The average Bonchev–Trinajstić information content (AvgIpc) is 2.36. The quantitative estimate of drug-likeness (QED) is 0.868. The summed E-state index contributed by atoms with van der Waals surface area (Å²) in [6, 6.07) is 6.67. The second-order valence-corrected chi connectivity index (χ2v) is 6.11. The molecule has 0 spiro atoms. The third-order valence-electron chi connectivity index (χ3n) is 2.48. The van der Waals surface area contributed by atoms with E-state index in [1.54, 1.807) is 30.5 Å². The van der Waals surface area contributed by atoms with Gasteiger partial charge in [0.2, 0.25) is 0 Å². The van der Waals surface area contributed by atoms with Gasteiger partial charge < -0.3 is 11.1 Å². The standard InChI is InChI=1S/C12H14N4O2S/c1-19(17,18)10-4-2-9(3-5-10)6-15-12-8-14-7-11(13)16-12/h2-5,7-8H,6H2,1H3,(H3,13,15,16). The summed E-state index contributed by atoms with van der Waals surface area (Å²) >= 11 is 0. The second-order valence-electron chi connectivity index (χ2n) is 4.10. The van der Waals surface area contributed by atoms with Crippen LogP contribution in [0.15, 0.2) is 41.6 Å². The molecule has 0 amide bonds. The highest BCUT2D eigenvalue weighted by molar-refractivity contribution is 7.90. The second kappa shape index (κ2) is 5.23. The Kier molecular flexibility index (Phi) is 3.66. The van der Waals surface area contributed by atoms with E-state index in [4.69, 9.17) is 5.73 Å². The van der Waals surface area contributed by atoms with Gasteiger partial charge in [-0.3, -0.25) is 4.98 Å². The zero-order valence-electron chi connectivity index (χ0n) is 10.4. The van der Waals surface area contributed by atoms with Crippen LogP contribution in [0.1, 0.15) is 5.56 Å². The van der Waals surface area contributed by atoms with Crippen LogP contribution in [0.3, 0.4) is 0 Å². The zero-order valence-corrected chi connectivity index (χ0v) is 11.2. The molecular formula is C12H14N4O2S. The molecule has 1 aromatic carbocycles. The van der Waals surface area contributed by atoms with Gasteiger partial charge >= 0.3 is 0 Å². The maximum Gasteiger partial charge on any atom is 0.175 e. The molecule has 0 aliphatic carbocycles. The number of nitrogens with zero attached hydrogens (tertiary/aromatic N) is 2. The fourth-order valence-corrected chi connectivity index (χ4v) is 2.14. The monoisotopic (exact) mass is 278 g/mol. The van der Waals surface area contributed by atoms with E-state index in [9.17, 15) is 8.42 Å². The van der Waals surface area contributed by atoms with Gasteiger partial charge in [-0.2, -0.15) is 0 Å². The number of benzene rings is 1. The van der Waals surface area contributed by atoms with E-state index in [0.717, 1.165) is 5.56 Å². The number of aromatic nitrogens is 2. The summed E-state index contributed by atoms with van der Waals surface area (Å²) in [5.74, 6) is 0.921. The molecule has 0 aliphatic heterocycles. The van der Waals surface area contributed by atoms with Gasteiger partial charge in [0.05, 0.1) is 17.3 Å². The summed E-state index contributed by atoms with van der Waals surface area (Å²) in [7, 11) is -3.15. The molecule has 0 unspecified atom stereocenters. The van der Waals surface area contributed by atoms with E-state index < -0.39 is 9.84 Å². The SMILES string of the molecule is CS(=O)(=O)c1ccc(CNc2cncc(N)n2)cc1. The van der Waals surface area contributed by atoms with Crippen molar-refractivity contribution in [2.75, 3.05) is 17.3 Å². The lowest BCUT2D eigenvalue weighted by Crippen LogP contribution is -2.04. The first kappa shape index (κ1) is 13.3. The first-order chi connectivity index (χ1) is 8.95.